The predicted octanol–water partition coefficient (Wildman–Crippen LogP) is 4.59. The maximum Gasteiger partial charge on any atom is 0.240 e. The average Bonchev–Trinajstić information content (AvgIpc) is 3.46. The number of fused-ring (bicyclic) bond motifs is 2. The maximum absolute atomic E-state index is 14.2. The molecule has 0 aromatic heterocycles. The highest BCUT2D eigenvalue weighted by atomic mass is 16.7. The van der Waals surface area contributed by atoms with E-state index in [1.54, 1.807) is 26.2 Å². The summed E-state index contributed by atoms with van der Waals surface area (Å²) in [5.41, 5.74) is 3.23. The molecule has 290 valence electrons. The number of benzene rings is 2. The molecule has 11 nitrogen and oxygen atoms in total. The van der Waals surface area contributed by atoms with Crippen molar-refractivity contribution < 1.29 is 34.4 Å². The zero-order valence-corrected chi connectivity index (χ0v) is 32.9. The van der Waals surface area contributed by atoms with Crippen LogP contribution in [0.1, 0.15) is 78.2 Å². The van der Waals surface area contributed by atoms with Crippen LogP contribution in [0.25, 0.3) is 11.1 Å². The van der Waals surface area contributed by atoms with E-state index in [1.807, 2.05) is 50.5 Å². The summed E-state index contributed by atoms with van der Waals surface area (Å²) in [4.78, 5) is 22.6. The molecule has 0 spiro atoms. The van der Waals surface area contributed by atoms with E-state index in [2.05, 4.69) is 50.2 Å². The van der Waals surface area contributed by atoms with Gasteiger partial charge in [-0.3, -0.25) is 14.9 Å². The van der Waals surface area contributed by atoms with E-state index in [-0.39, 0.29) is 36.6 Å². The van der Waals surface area contributed by atoms with Crippen molar-refractivity contribution >= 4 is 5.91 Å². The molecule has 2 aromatic carbocycles. The first-order chi connectivity index (χ1) is 24.6. The summed E-state index contributed by atoms with van der Waals surface area (Å²) in [6, 6.07) is 10.7. The second-order valence-corrected chi connectivity index (χ2v) is 16.9. The molecule has 5 N–H and O–H groups in total. The number of hydrogen-bond donors (Lipinski definition) is 5. The van der Waals surface area contributed by atoms with Crippen LogP contribution in [0.4, 0.5) is 0 Å². The molecule has 1 saturated heterocycles. The molecular weight excluding hydrogens is 660 g/mol. The number of likely N-dealkylation sites (N-methyl/N-ethyl adjacent to an activating group) is 1. The van der Waals surface area contributed by atoms with Gasteiger partial charge in [-0.1, -0.05) is 58.9 Å². The highest BCUT2D eigenvalue weighted by Crippen LogP contribution is 2.61. The van der Waals surface area contributed by atoms with Gasteiger partial charge in [0.05, 0.1) is 33.5 Å². The van der Waals surface area contributed by atoms with Crippen molar-refractivity contribution in [3.05, 3.63) is 47.5 Å². The van der Waals surface area contributed by atoms with Gasteiger partial charge in [-0.25, -0.2) is 0 Å². The lowest BCUT2D eigenvalue weighted by Crippen LogP contribution is -2.62. The second kappa shape index (κ2) is 16.7. The first-order valence-electron chi connectivity index (χ1n) is 19.1. The number of carbonyl (C=O) groups is 1. The lowest BCUT2D eigenvalue weighted by Gasteiger charge is -2.62. The van der Waals surface area contributed by atoms with E-state index in [0.29, 0.717) is 40.7 Å². The molecule has 52 heavy (non-hydrogen) atoms. The number of aliphatic hydroxyl groups excluding tert-OH is 3. The van der Waals surface area contributed by atoms with Crippen molar-refractivity contribution in [2.45, 2.75) is 104 Å². The minimum Gasteiger partial charge on any atom is -0.496 e. The van der Waals surface area contributed by atoms with E-state index < -0.39 is 30.4 Å². The van der Waals surface area contributed by atoms with Crippen LogP contribution < -0.4 is 20.1 Å². The zero-order valence-electron chi connectivity index (χ0n) is 32.9. The SMILES string of the molecule is COc1ccc(C(O)N[C@@H](CC(C)C)CN(C)C)cc1-c1cccc(CN2O[C@@H](CO)[C@H]([C@H](C)O)[C@H]2C(=O)N[C@H]2C[C@H]3C[C@@H]([C@@H]2C)C3(C)C)c1OC. The molecule has 6 rings (SSSR count). The van der Waals surface area contributed by atoms with Crippen LogP contribution in [0.3, 0.4) is 0 Å². The number of hydroxylamine groups is 2. The lowest BCUT2D eigenvalue weighted by atomic mass is 9.45. The van der Waals surface area contributed by atoms with Gasteiger partial charge in [-0.2, -0.15) is 5.06 Å². The summed E-state index contributed by atoms with van der Waals surface area (Å²) in [5.74, 6) is 2.28. The molecule has 4 aliphatic rings. The summed E-state index contributed by atoms with van der Waals surface area (Å²) in [5, 5.41) is 41.0. The minimum atomic E-state index is -0.906. The smallest absolute Gasteiger partial charge is 0.240 e. The summed E-state index contributed by atoms with van der Waals surface area (Å²) in [6.07, 6.45) is 0.498. The third-order valence-electron chi connectivity index (χ3n) is 12.3. The van der Waals surface area contributed by atoms with Gasteiger partial charge in [0.25, 0.3) is 0 Å². The molecule has 11 heteroatoms. The molecule has 0 radical (unpaired) electrons. The number of para-hydroxylation sites is 1. The van der Waals surface area contributed by atoms with Crippen LogP contribution in [0.2, 0.25) is 0 Å². The van der Waals surface area contributed by atoms with Gasteiger partial charge in [0.1, 0.15) is 29.9 Å². The molecule has 1 aliphatic heterocycles. The van der Waals surface area contributed by atoms with Crippen molar-refractivity contribution in [1.82, 2.24) is 20.6 Å². The fourth-order valence-corrected chi connectivity index (χ4v) is 9.45. The molecule has 4 fully saturated rings. The summed E-state index contributed by atoms with van der Waals surface area (Å²) < 4.78 is 11.9. The molecule has 1 amide bonds. The minimum absolute atomic E-state index is 0.0416. The first kappa shape index (κ1) is 40.4. The lowest BCUT2D eigenvalue weighted by molar-refractivity contribution is -0.183. The van der Waals surface area contributed by atoms with Crippen LogP contribution >= 0.6 is 0 Å². The van der Waals surface area contributed by atoms with E-state index >= 15 is 0 Å². The van der Waals surface area contributed by atoms with Crippen LogP contribution in [0, 0.1) is 35.0 Å². The van der Waals surface area contributed by atoms with Crippen LogP contribution in [-0.4, -0.2) is 103 Å². The maximum atomic E-state index is 14.2. The number of rotatable bonds is 16. The summed E-state index contributed by atoms with van der Waals surface area (Å²) in [6.45, 7) is 13.5. The number of methoxy groups -OCH3 is 2. The van der Waals surface area contributed by atoms with Gasteiger partial charge in [-0.05, 0) is 87.1 Å². The molecule has 2 bridgehead atoms. The first-order valence-corrected chi connectivity index (χ1v) is 19.1. The Bertz CT molecular complexity index is 1510. The van der Waals surface area contributed by atoms with E-state index in [4.69, 9.17) is 14.3 Å². The van der Waals surface area contributed by atoms with Crippen molar-refractivity contribution in [3.63, 3.8) is 0 Å². The predicted molar refractivity (Wildman–Crippen MR) is 202 cm³/mol. The summed E-state index contributed by atoms with van der Waals surface area (Å²) in [7, 11) is 7.28. The third-order valence-corrected chi connectivity index (χ3v) is 12.3. The molecule has 10 atom stereocenters. The molecule has 3 aliphatic carbocycles. The Kier molecular flexibility index (Phi) is 13.0. The Morgan fingerprint density at radius 2 is 1.81 bits per heavy atom. The Morgan fingerprint density at radius 1 is 1.08 bits per heavy atom. The Hall–Kier alpha value is -2.77. The fraction of sp³-hybridized carbons (Fsp3) is 0.683. The Balaban J connectivity index is 1.43. The van der Waals surface area contributed by atoms with Gasteiger partial charge in [-0.15, -0.1) is 0 Å². The van der Waals surface area contributed by atoms with Crippen molar-refractivity contribution in [2.24, 2.45) is 35.0 Å². The van der Waals surface area contributed by atoms with Crippen LogP contribution in [0.5, 0.6) is 11.5 Å². The van der Waals surface area contributed by atoms with Crippen LogP contribution in [0.15, 0.2) is 36.4 Å². The Morgan fingerprint density at radius 3 is 2.38 bits per heavy atom. The fourth-order valence-electron chi connectivity index (χ4n) is 9.45. The normalized spacial score (nSPS) is 28.7. The van der Waals surface area contributed by atoms with Gasteiger partial charge >= 0.3 is 0 Å². The quantitative estimate of drug-likeness (QED) is 0.157. The molecule has 1 unspecified atom stereocenters. The largest absolute Gasteiger partial charge is 0.496 e. The van der Waals surface area contributed by atoms with E-state index in [0.717, 1.165) is 36.1 Å². The number of nitrogens with one attached hydrogen (secondary N) is 2. The van der Waals surface area contributed by atoms with Gasteiger partial charge in [0, 0.05) is 41.2 Å². The standard InChI is InChI=1S/C41H64N4O7/c1-23(2)16-29(21-44(7)8)42-39(48)26-14-15-34(50-9)31(17-26)30-13-11-12-27(38(30)51-10)20-45-37(36(25(4)47)35(22-46)52-45)40(49)43-33-19-28-18-32(24(33)3)41(28,5)6/h11-15,17,23-25,28-29,32-33,35-37,39,42,46-48H,16,18-22H2,1-10H3,(H,43,49)/t24-,25-,28+,29-,32-,33-,35-,36-,37-,39?/m0/s1. The Labute approximate surface area is 311 Å². The monoisotopic (exact) mass is 724 g/mol. The number of ether oxygens (including phenoxy) is 2. The number of hydrogen-bond acceptors (Lipinski definition) is 10. The van der Waals surface area contributed by atoms with Crippen molar-refractivity contribution in [3.8, 4) is 22.6 Å². The van der Waals surface area contributed by atoms with Crippen LogP contribution in [-0.2, 0) is 16.2 Å². The molecule has 3 saturated carbocycles. The van der Waals surface area contributed by atoms with Crippen molar-refractivity contribution in [1.29, 1.82) is 0 Å². The van der Waals surface area contributed by atoms with Crippen molar-refractivity contribution in [2.75, 3.05) is 41.5 Å². The third kappa shape index (κ3) is 8.31. The molecular formula is C41H64N4O7. The molecule has 2 aromatic rings. The number of carbonyl (C=O) groups excluding carboxylic acids is 1. The highest BCUT2D eigenvalue weighted by Gasteiger charge is 2.57. The van der Waals surface area contributed by atoms with Gasteiger partial charge in [0.2, 0.25) is 5.91 Å². The topological polar surface area (TPSA) is 136 Å². The number of nitrogens with zero attached hydrogens (tertiary/aromatic N) is 2. The van der Waals surface area contributed by atoms with E-state index in [1.165, 1.54) is 6.42 Å². The number of amides is 1. The molecule has 1 heterocycles. The number of aliphatic hydroxyl groups is 3. The van der Waals surface area contributed by atoms with E-state index in [9.17, 15) is 20.1 Å². The zero-order chi connectivity index (χ0) is 38.1. The highest BCUT2D eigenvalue weighted by molar-refractivity contribution is 5.83. The van der Waals surface area contributed by atoms with Gasteiger partial charge in [0.15, 0.2) is 0 Å². The average molecular weight is 725 g/mol. The van der Waals surface area contributed by atoms with Gasteiger partial charge < -0.3 is 35.0 Å². The second-order valence-electron chi connectivity index (χ2n) is 16.9. The summed E-state index contributed by atoms with van der Waals surface area (Å²) >= 11 is 0.